The number of carbonyl (C=O) groups excluding carboxylic acids is 2. The number of allylic oxidation sites excluding steroid dienone is 13. The molecule has 11 nitrogen and oxygen atoms in total. The number of carbonyl (C=O) groups is 2. The van der Waals surface area contributed by atoms with Crippen molar-refractivity contribution >= 4 is 11.9 Å². The zero-order valence-electron chi connectivity index (χ0n) is 58.1. The monoisotopic (exact) mass is 1260 g/mol. The van der Waals surface area contributed by atoms with E-state index in [0.29, 0.717) is 19.4 Å². The summed E-state index contributed by atoms with van der Waals surface area (Å²) in [5.41, 5.74) is 0. The molecule has 0 radical (unpaired) electrons. The Morgan fingerprint density at radius 2 is 0.778 bits per heavy atom. The number of nitrogens with one attached hydrogen (secondary N) is 1. The topological polar surface area (TPSA) is 175 Å². The van der Waals surface area contributed by atoms with E-state index in [0.717, 1.165) is 83.5 Å². The molecule has 0 spiro atoms. The lowest BCUT2D eigenvalue weighted by molar-refractivity contribution is -0.302. The zero-order chi connectivity index (χ0) is 65.1. The van der Waals surface area contributed by atoms with Crippen LogP contribution in [0.5, 0.6) is 0 Å². The summed E-state index contributed by atoms with van der Waals surface area (Å²) in [6.07, 6.45) is 83.2. The average molecular weight is 1260 g/mol. The number of esters is 1. The van der Waals surface area contributed by atoms with Crippen LogP contribution in [-0.4, -0.2) is 100 Å². The highest BCUT2D eigenvalue weighted by atomic mass is 16.7. The largest absolute Gasteiger partial charge is 0.466 e. The smallest absolute Gasteiger partial charge is 0.305 e. The molecule has 1 saturated heterocycles. The van der Waals surface area contributed by atoms with Gasteiger partial charge in [0.15, 0.2) is 6.29 Å². The second-order valence-electron chi connectivity index (χ2n) is 26.0. The van der Waals surface area contributed by atoms with Crippen molar-refractivity contribution < 1.29 is 49.3 Å². The van der Waals surface area contributed by atoms with Gasteiger partial charge in [-0.25, -0.2) is 0 Å². The van der Waals surface area contributed by atoms with Crippen molar-refractivity contribution in [3.8, 4) is 0 Å². The second-order valence-corrected chi connectivity index (χ2v) is 26.0. The third kappa shape index (κ3) is 55.3. The summed E-state index contributed by atoms with van der Waals surface area (Å²) in [4.78, 5) is 25.1. The molecule has 0 aromatic carbocycles. The predicted molar refractivity (Wildman–Crippen MR) is 379 cm³/mol. The third-order valence-corrected chi connectivity index (χ3v) is 17.4. The molecule has 6 N–H and O–H groups in total. The Morgan fingerprint density at radius 1 is 0.411 bits per heavy atom. The highest BCUT2D eigenvalue weighted by Crippen LogP contribution is 2.23. The van der Waals surface area contributed by atoms with Gasteiger partial charge in [0.2, 0.25) is 5.91 Å². The van der Waals surface area contributed by atoms with Gasteiger partial charge in [0.05, 0.1) is 32.0 Å². The van der Waals surface area contributed by atoms with Crippen molar-refractivity contribution in [3.63, 3.8) is 0 Å². The lowest BCUT2D eigenvalue weighted by Gasteiger charge is -2.40. The molecule has 1 aliphatic rings. The van der Waals surface area contributed by atoms with E-state index < -0.39 is 49.5 Å². The van der Waals surface area contributed by atoms with E-state index >= 15 is 0 Å². The fraction of sp³-hybridized carbons (Fsp3) is 0.797. The average Bonchev–Trinajstić information content (AvgIpc) is 1.86. The fourth-order valence-electron chi connectivity index (χ4n) is 11.5. The first-order chi connectivity index (χ1) is 44.2. The Balaban J connectivity index is 1.93. The normalized spacial score (nSPS) is 18.1. The summed E-state index contributed by atoms with van der Waals surface area (Å²) >= 11 is 0. The van der Waals surface area contributed by atoms with Crippen LogP contribution in [0.15, 0.2) is 85.1 Å². The molecule has 522 valence electrons. The molecule has 0 aromatic rings. The van der Waals surface area contributed by atoms with Gasteiger partial charge in [-0.1, -0.05) is 304 Å². The molecule has 90 heavy (non-hydrogen) atoms. The number of hydrogen-bond acceptors (Lipinski definition) is 10. The molecule has 7 atom stereocenters. The van der Waals surface area contributed by atoms with E-state index in [9.17, 15) is 35.1 Å². The molecule has 1 heterocycles. The Labute approximate surface area is 553 Å². The summed E-state index contributed by atoms with van der Waals surface area (Å²) in [5, 5.41) is 54.4. The summed E-state index contributed by atoms with van der Waals surface area (Å²) in [7, 11) is 0. The van der Waals surface area contributed by atoms with E-state index in [2.05, 4.69) is 92.1 Å². The van der Waals surface area contributed by atoms with E-state index in [1.807, 2.05) is 6.08 Å². The molecule has 0 saturated carbocycles. The highest BCUT2D eigenvalue weighted by molar-refractivity contribution is 5.76. The van der Waals surface area contributed by atoms with Gasteiger partial charge in [0.1, 0.15) is 24.4 Å². The van der Waals surface area contributed by atoms with Crippen LogP contribution in [0.2, 0.25) is 0 Å². The number of hydrogen-bond donors (Lipinski definition) is 6. The van der Waals surface area contributed by atoms with Crippen LogP contribution in [0.4, 0.5) is 0 Å². The number of amides is 1. The SMILES string of the molecule is CCC/C=C\C/C=C\CCCCCCCC(=O)OCCCCCCCCCCCCCCC/C=C\C/C=C\CCCCCCCCCCCCCCCCCCCC(=O)NC(COC1OC(CO)C(O)C(O)C1O)C(O)/C=C/CC/C=C/CC/C=C/CCCC. The number of aliphatic hydroxyl groups is 5. The van der Waals surface area contributed by atoms with E-state index in [4.69, 9.17) is 14.2 Å². The quantitative estimate of drug-likeness (QED) is 0.0195. The molecule has 0 bridgehead atoms. The van der Waals surface area contributed by atoms with E-state index in [1.165, 1.54) is 231 Å². The minimum absolute atomic E-state index is 0.00365. The van der Waals surface area contributed by atoms with Crippen molar-refractivity contribution in [2.75, 3.05) is 19.8 Å². The van der Waals surface area contributed by atoms with Crippen LogP contribution in [-0.2, 0) is 23.8 Å². The molecule has 11 heteroatoms. The molecule has 1 rings (SSSR count). The fourth-order valence-corrected chi connectivity index (χ4v) is 11.5. The van der Waals surface area contributed by atoms with Crippen LogP contribution in [0.1, 0.15) is 341 Å². The summed E-state index contributed by atoms with van der Waals surface area (Å²) in [5.74, 6) is -0.198. The third-order valence-electron chi connectivity index (χ3n) is 17.4. The second kappa shape index (κ2) is 67.3. The first-order valence-corrected chi connectivity index (χ1v) is 37.9. The maximum absolute atomic E-state index is 13.1. The van der Waals surface area contributed by atoms with Crippen molar-refractivity contribution in [1.29, 1.82) is 0 Å². The minimum atomic E-state index is -1.58. The molecule has 1 fully saturated rings. The van der Waals surface area contributed by atoms with Crippen molar-refractivity contribution in [2.24, 2.45) is 0 Å². The van der Waals surface area contributed by atoms with Gasteiger partial charge in [-0.05, 0) is 109 Å². The minimum Gasteiger partial charge on any atom is -0.466 e. The maximum atomic E-state index is 13.1. The maximum Gasteiger partial charge on any atom is 0.305 e. The van der Waals surface area contributed by atoms with E-state index in [-0.39, 0.29) is 18.5 Å². The Kier molecular flexibility index (Phi) is 63.4. The van der Waals surface area contributed by atoms with Crippen molar-refractivity contribution in [1.82, 2.24) is 5.32 Å². The molecular weight excluding hydrogens is 1120 g/mol. The molecule has 0 aliphatic carbocycles. The van der Waals surface area contributed by atoms with Crippen LogP contribution >= 0.6 is 0 Å². The first kappa shape index (κ1) is 84.9. The Hall–Kier alpha value is -3.16. The number of ether oxygens (including phenoxy) is 3. The number of unbranched alkanes of at least 4 members (excludes halogenated alkanes) is 40. The lowest BCUT2D eigenvalue weighted by Crippen LogP contribution is -2.60. The zero-order valence-corrected chi connectivity index (χ0v) is 58.1. The van der Waals surface area contributed by atoms with Crippen LogP contribution in [0, 0.1) is 0 Å². The van der Waals surface area contributed by atoms with Gasteiger partial charge >= 0.3 is 5.97 Å². The van der Waals surface area contributed by atoms with Gasteiger partial charge in [0, 0.05) is 12.8 Å². The van der Waals surface area contributed by atoms with E-state index in [1.54, 1.807) is 6.08 Å². The Bertz CT molecular complexity index is 1770. The molecule has 1 amide bonds. The molecular formula is C79H141NO10. The van der Waals surface area contributed by atoms with Crippen molar-refractivity contribution in [2.45, 2.75) is 384 Å². The lowest BCUT2D eigenvalue weighted by atomic mass is 9.99. The van der Waals surface area contributed by atoms with Gasteiger partial charge in [-0.2, -0.15) is 0 Å². The summed E-state index contributed by atoms with van der Waals surface area (Å²) < 4.78 is 16.7. The van der Waals surface area contributed by atoms with Crippen LogP contribution in [0.3, 0.4) is 0 Å². The van der Waals surface area contributed by atoms with Gasteiger partial charge in [-0.3, -0.25) is 9.59 Å². The molecule has 7 unspecified atom stereocenters. The first-order valence-electron chi connectivity index (χ1n) is 37.9. The van der Waals surface area contributed by atoms with Gasteiger partial charge in [-0.15, -0.1) is 0 Å². The standard InChI is InChI=1S/C79H141NO10/c1-3-5-7-9-11-13-15-42-47-51-55-59-63-67-75(84)88-68-64-60-56-52-48-44-41-39-37-35-33-31-29-27-25-23-21-19-17-18-20-22-24-26-28-30-32-34-36-38-40-43-46-50-54-58-62-66-74(83)80-71(70-89-79-78(87)77(86)76(85)73(69-81)90-79)72(82)65-61-57-53-49-45-16-14-12-10-8-6-4-2/h7,9-10,12-13,15,17,19,23,25,45,49,61,65,71-73,76-79,81-82,85-87H,3-6,8,11,14,16,18,20-22,24,26-44,46-48,50-60,62-64,66-70H2,1-2H3,(H,80,83)/b9-7-,12-10+,15-13-,19-17-,25-23-,49-45+,65-61+. The highest BCUT2D eigenvalue weighted by Gasteiger charge is 2.44. The summed E-state index contributed by atoms with van der Waals surface area (Å²) in [6.45, 7) is 4.23. The predicted octanol–water partition coefficient (Wildman–Crippen LogP) is 20.0. The van der Waals surface area contributed by atoms with Gasteiger partial charge in [0.25, 0.3) is 0 Å². The molecule has 1 aliphatic heterocycles. The number of aliphatic hydroxyl groups excluding tert-OH is 5. The number of rotatable bonds is 66. The van der Waals surface area contributed by atoms with Crippen molar-refractivity contribution in [3.05, 3.63) is 85.1 Å². The van der Waals surface area contributed by atoms with Crippen LogP contribution < -0.4 is 5.32 Å². The van der Waals surface area contributed by atoms with Crippen LogP contribution in [0.25, 0.3) is 0 Å². The summed E-state index contributed by atoms with van der Waals surface area (Å²) in [6, 6.07) is -0.834. The van der Waals surface area contributed by atoms with Gasteiger partial charge < -0.3 is 45.1 Å². The Morgan fingerprint density at radius 3 is 1.21 bits per heavy atom. The molecule has 0 aromatic heterocycles.